The maximum Gasteiger partial charge on any atom is 0.161 e. The maximum atomic E-state index is 13.4. The van der Waals surface area contributed by atoms with E-state index in [2.05, 4.69) is 9.97 Å². The topological polar surface area (TPSA) is 61.0 Å². The lowest BCUT2D eigenvalue weighted by molar-refractivity contribution is 0.109. The maximum absolute atomic E-state index is 13.4. The number of fused-ring (bicyclic) bond motifs is 1. The lowest BCUT2D eigenvalue weighted by atomic mass is 10.1. The summed E-state index contributed by atoms with van der Waals surface area (Å²) in [6.45, 7) is 2.91. The van der Waals surface area contributed by atoms with Gasteiger partial charge in [-0.05, 0) is 30.7 Å². The first-order valence-corrected chi connectivity index (χ1v) is 6.14. The Labute approximate surface area is 110 Å². The average molecular weight is 259 g/mol. The lowest BCUT2D eigenvalue weighted by Gasteiger charge is -2.17. The molecule has 0 unspecified atom stereocenters. The molecule has 98 valence electrons. The zero-order valence-corrected chi connectivity index (χ0v) is 10.6. The Morgan fingerprint density at radius 2 is 2.11 bits per heavy atom. The minimum Gasteiger partial charge on any atom is -0.383 e. The number of aryl methyl sites for hydroxylation is 1. The molecule has 0 bridgehead atoms. The van der Waals surface area contributed by atoms with Crippen molar-refractivity contribution in [2.45, 2.75) is 20.0 Å². The molecule has 0 radical (unpaired) electrons. The van der Waals surface area contributed by atoms with Gasteiger partial charge in [0.25, 0.3) is 0 Å². The van der Waals surface area contributed by atoms with Gasteiger partial charge in [0.1, 0.15) is 11.6 Å². The Balaban J connectivity index is 2.12. The smallest absolute Gasteiger partial charge is 0.161 e. The standard InChI is InChI=1S/C14H14FN3O/c1-8-4-9(6-10(15)5-8)14-17-12-2-3-19-7-11(12)13(16)18-14/h4-6H,2-3,7H2,1H3,(H2,16,17,18). The molecule has 0 fully saturated rings. The monoisotopic (exact) mass is 259 g/mol. The number of anilines is 1. The molecule has 0 spiro atoms. The molecule has 4 nitrogen and oxygen atoms in total. The number of hydrogen-bond acceptors (Lipinski definition) is 4. The van der Waals surface area contributed by atoms with E-state index >= 15 is 0 Å². The van der Waals surface area contributed by atoms with Crippen LogP contribution in [0.5, 0.6) is 0 Å². The highest BCUT2D eigenvalue weighted by Gasteiger charge is 2.17. The van der Waals surface area contributed by atoms with E-state index in [-0.39, 0.29) is 5.82 Å². The number of halogens is 1. The van der Waals surface area contributed by atoms with Crippen LogP contribution in [0.3, 0.4) is 0 Å². The van der Waals surface area contributed by atoms with Crippen molar-refractivity contribution >= 4 is 5.82 Å². The van der Waals surface area contributed by atoms with E-state index in [9.17, 15) is 4.39 Å². The summed E-state index contributed by atoms with van der Waals surface area (Å²) in [5.74, 6) is 0.598. The van der Waals surface area contributed by atoms with Crippen molar-refractivity contribution < 1.29 is 9.13 Å². The van der Waals surface area contributed by atoms with E-state index in [0.29, 0.717) is 36.8 Å². The molecule has 0 saturated heterocycles. The van der Waals surface area contributed by atoms with E-state index in [0.717, 1.165) is 16.8 Å². The van der Waals surface area contributed by atoms with Gasteiger partial charge in [-0.25, -0.2) is 14.4 Å². The Kier molecular flexibility index (Phi) is 2.91. The van der Waals surface area contributed by atoms with Gasteiger partial charge in [-0.3, -0.25) is 0 Å². The summed E-state index contributed by atoms with van der Waals surface area (Å²) in [5, 5.41) is 0. The van der Waals surface area contributed by atoms with Crippen LogP contribution in [0.15, 0.2) is 18.2 Å². The highest BCUT2D eigenvalue weighted by Crippen LogP contribution is 2.25. The summed E-state index contributed by atoms with van der Waals surface area (Å²) in [6, 6.07) is 4.75. The van der Waals surface area contributed by atoms with E-state index in [1.165, 1.54) is 12.1 Å². The van der Waals surface area contributed by atoms with E-state index in [1.54, 1.807) is 0 Å². The van der Waals surface area contributed by atoms with Gasteiger partial charge in [-0.1, -0.05) is 0 Å². The molecule has 0 aliphatic carbocycles. The third kappa shape index (κ3) is 2.29. The second-order valence-corrected chi connectivity index (χ2v) is 4.68. The lowest BCUT2D eigenvalue weighted by Crippen LogP contribution is -2.16. The molecule has 5 heteroatoms. The fourth-order valence-electron chi connectivity index (χ4n) is 2.25. The molecule has 19 heavy (non-hydrogen) atoms. The van der Waals surface area contributed by atoms with E-state index < -0.39 is 0 Å². The zero-order valence-electron chi connectivity index (χ0n) is 10.6. The number of nitrogen functional groups attached to an aromatic ring is 1. The number of ether oxygens (including phenoxy) is 1. The quantitative estimate of drug-likeness (QED) is 0.853. The molecule has 2 heterocycles. The molecule has 1 aromatic carbocycles. The van der Waals surface area contributed by atoms with Gasteiger partial charge >= 0.3 is 0 Å². The number of benzene rings is 1. The molecule has 0 atom stereocenters. The molecule has 1 aliphatic rings. The first-order chi connectivity index (χ1) is 9.13. The van der Waals surface area contributed by atoms with Crippen molar-refractivity contribution in [2.75, 3.05) is 12.3 Å². The van der Waals surface area contributed by atoms with Crippen molar-refractivity contribution in [3.63, 3.8) is 0 Å². The van der Waals surface area contributed by atoms with Crippen LogP contribution in [0.4, 0.5) is 10.2 Å². The average Bonchev–Trinajstić information content (AvgIpc) is 2.37. The second kappa shape index (κ2) is 4.59. The first-order valence-electron chi connectivity index (χ1n) is 6.14. The van der Waals surface area contributed by atoms with Gasteiger partial charge in [0, 0.05) is 17.5 Å². The first kappa shape index (κ1) is 12.0. The summed E-state index contributed by atoms with van der Waals surface area (Å²) in [5.41, 5.74) is 9.16. The predicted octanol–water partition coefficient (Wildman–Crippen LogP) is 2.25. The van der Waals surface area contributed by atoms with Gasteiger partial charge in [0.15, 0.2) is 5.82 Å². The van der Waals surface area contributed by atoms with Gasteiger partial charge in [0.2, 0.25) is 0 Å². The van der Waals surface area contributed by atoms with Gasteiger partial charge in [0.05, 0.1) is 18.9 Å². The van der Waals surface area contributed by atoms with Crippen LogP contribution in [0.1, 0.15) is 16.8 Å². The third-order valence-electron chi connectivity index (χ3n) is 3.15. The Morgan fingerprint density at radius 1 is 1.26 bits per heavy atom. The van der Waals surface area contributed by atoms with Gasteiger partial charge in [-0.2, -0.15) is 0 Å². The van der Waals surface area contributed by atoms with Crippen molar-refractivity contribution in [3.8, 4) is 11.4 Å². The number of hydrogen-bond donors (Lipinski definition) is 1. The summed E-state index contributed by atoms with van der Waals surface area (Å²) in [6.07, 6.45) is 0.712. The van der Waals surface area contributed by atoms with Crippen LogP contribution in [-0.2, 0) is 17.8 Å². The SMILES string of the molecule is Cc1cc(F)cc(-c2nc(N)c3c(n2)CCOC3)c1. The number of rotatable bonds is 1. The third-order valence-corrected chi connectivity index (χ3v) is 3.15. The summed E-state index contributed by atoms with van der Waals surface area (Å²) >= 11 is 0. The normalized spacial score (nSPS) is 14.2. The molecule has 1 aromatic heterocycles. The summed E-state index contributed by atoms with van der Waals surface area (Å²) in [4.78, 5) is 8.75. The zero-order chi connectivity index (χ0) is 13.4. The Bertz CT molecular complexity index is 623. The van der Waals surface area contributed by atoms with Crippen LogP contribution in [0.2, 0.25) is 0 Å². The van der Waals surface area contributed by atoms with Crippen LogP contribution in [0, 0.1) is 12.7 Å². The Hall–Kier alpha value is -2.01. The van der Waals surface area contributed by atoms with Crippen LogP contribution < -0.4 is 5.73 Å². The molecule has 2 aromatic rings. The second-order valence-electron chi connectivity index (χ2n) is 4.68. The largest absolute Gasteiger partial charge is 0.383 e. The summed E-state index contributed by atoms with van der Waals surface area (Å²) in [7, 11) is 0. The minimum atomic E-state index is -0.293. The molecular formula is C14H14FN3O. The summed E-state index contributed by atoms with van der Waals surface area (Å²) < 4.78 is 18.8. The van der Waals surface area contributed by atoms with Gasteiger partial charge in [-0.15, -0.1) is 0 Å². The van der Waals surface area contributed by atoms with Crippen LogP contribution in [0.25, 0.3) is 11.4 Å². The number of aromatic nitrogens is 2. The predicted molar refractivity (Wildman–Crippen MR) is 69.9 cm³/mol. The number of nitrogens with two attached hydrogens (primary N) is 1. The van der Waals surface area contributed by atoms with Crippen LogP contribution >= 0.6 is 0 Å². The van der Waals surface area contributed by atoms with Gasteiger partial charge < -0.3 is 10.5 Å². The minimum absolute atomic E-state index is 0.293. The molecule has 0 saturated carbocycles. The highest BCUT2D eigenvalue weighted by atomic mass is 19.1. The van der Waals surface area contributed by atoms with Crippen molar-refractivity contribution in [2.24, 2.45) is 0 Å². The molecule has 1 aliphatic heterocycles. The van der Waals surface area contributed by atoms with E-state index in [1.807, 2.05) is 13.0 Å². The molecule has 0 amide bonds. The fraction of sp³-hybridized carbons (Fsp3) is 0.286. The van der Waals surface area contributed by atoms with E-state index in [4.69, 9.17) is 10.5 Å². The van der Waals surface area contributed by atoms with Crippen LogP contribution in [-0.4, -0.2) is 16.6 Å². The highest BCUT2D eigenvalue weighted by molar-refractivity contribution is 5.60. The molecule has 2 N–H and O–H groups in total. The van der Waals surface area contributed by atoms with Crippen molar-refractivity contribution in [3.05, 3.63) is 40.8 Å². The van der Waals surface area contributed by atoms with Crippen molar-refractivity contribution in [1.29, 1.82) is 0 Å². The molecular weight excluding hydrogens is 245 g/mol. The molecule has 3 rings (SSSR count). The van der Waals surface area contributed by atoms with Crippen molar-refractivity contribution in [1.82, 2.24) is 9.97 Å². The fourth-order valence-corrected chi connectivity index (χ4v) is 2.25. The number of nitrogens with zero attached hydrogens (tertiary/aromatic N) is 2. The Morgan fingerprint density at radius 3 is 2.89 bits per heavy atom.